The van der Waals surface area contributed by atoms with Gasteiger partial charge in [-0.3, -0.25) is 43.6 Å². The Morgan fingerprint density at radius 1 is 0.438 bits per heavy atom. The number of esters is 4. The maximum absolute atomic E-state index is 14.7. The third kappa shape index (κ3) is 27.5. The molecule has 0 aromatic heterocycles. The molecule has 0 bridgehead atoms. The van der Waals surface area contributed by atoms with Crippen LogP contribution in [0, 0.1) is 0 Å². The molecule has 2 aromatic carbocycles. The van der Waals surface area contributed by atoms with Crippen molar-refractivity contribution in [2.24, 2.45) is 0 Å². The van der Waals surface area contributed by atoms with Gasteiger partial charge in [0.2, 0.25) is 5.91 Å². The quantitative estimate of drug-likeness (QED) is 0.174. The fraction of sp³-hybridized carbons (Fsp3) is 0.678. The normalized spacial score (nSPS) is 17.5. The molecule has 21 heteroatoms. The third-order valence-corrected chi connectivity index (χ3v) is 12.6. The van der Waals surface area contributed by atoms with Crippen LogP contribution in [-0.4, -0.2) is 229 Å². The zero-order valence-electron chi connectivity index (χ0n) is 50.1. The molecule has 4 rings (SSSR count). The van der Waals surface area contributed by atoms with E-state index in [0.29, 0.717) is 39.3 Å². The van der Waals surface area contributed by atoms with Crippen molar-refractivity contribution < 1.29 is 62.0 Å². The minimum Gasteiger partial charge on any atom is -0.459 e. The smallest absolute Gasteiger partial charge is 0.410 e. The minimum absolute atomic E-state index is 0.0211. The monoisotopic (exact) mass is 1120 g/mol. The van der Waals surface area contributed by atoms with E-state index in [1.807, 2.05) is 101 Å². The van der Waals surface area contributed by atoms with Gasteiger partial charge in [0.05, 0.1) is 19.6 Å². The summed E-state index contributed by atoms with van der Waals surface area (Å²) in [6.45, 7) is 25.8. The van der Waals surface area contributed by atoms with Gasteiger partial charge < -0.3 is 48.4 Å². The average Bonchev–Trinajstić information content (AvgIpc) is 3.35. The zero-order chi connectivity index (χ0) is 59.1. The Bertz CT molecular complexity index is 2220. The van der Waals surface area contributed by atoms with E-state index in [2.05, 4.69) is 5.32 Å². The minimum atomic E-state index is -0.945. The molecule has 2 aliphatic heterocycles. The van der Waals surface area contributed by atoms with Gasteiger partial charge in [-0.05, 0) is 101 Å². The zero-order valence-corrected chi connectivity index (χ0v) is 50.1. The van der Waals surface area contributed by atoms with Crippen molar-refractivity contribution in [3.63, 3.8) is 0 Å². The maximum Gasteiger partial charge on any atom is 0.410 e. The fourth-order valence-corrected chi connectivity index (χ4v) is 8.85. The summed E-state index contributed by atoms with van der Waals surface area (Å²) in [6.07, 6.45) is -1.13. The second kappa shape index (κ2) is 31.9. The molecule has 1 atom stereocenters. The molecular formula is C59H94N8O13. The van der Waals surface area contributed by atoms with E-state index in [1.54, 1.807) is 72.1 Å². The van der Waals surface area contributed by atoms with Gasteiger partial charge in [-0.2, -0.15) is 0 Å². The highest BCUT2D eigenvalue weighted by molar-refractivity contribution is 5.80. The lowest BCUT2D eigenvalue weighted by Gasteiger charge is -2.37. The number of rotatable bonds is 15. The van der Waals surface area contributed by atoms with Gasteiger partial charge in [0.15, 0.2) is 0 Å². The first-order chi connectivity index (χ1) is 37.5. The number of benzene rings is 2. The van der Waals surface area contributed by atoms with Crippen LogP contribution >= 0.6 is 0 Å². The van der Waals surface area contributed by atoms with Crippen molar-refractivity contribution >= 4 is 42.0 Å². The van der Waals surface area contributed by atoms with Gasteiger partial charge in [-0.1, -0.05) is 60.7 Å². The lowest BCUT2D eigenvalue weighted by atomic mass is 10.1. The Balaban J connectivity index is 1.63. The van der Waals surface area contributed by atoms with Crippen molar-refractivity contribution in [2.75, 3.05) is 124 Å². The molecule has 2 aliphatic rings. The number of nitrogens with zero attached hydrogens (tertiary/aromatic N) is 7. The highest BCUT2D eigenvalue weighted by Crippen LogP contribution is 2.19. The second-order valence-corrected chi connectivity index (χ2v) is 24.4. The van der Waals surface area contributed by atoms with Crippen LogP contribution in [0.1, 0.15) is 107 Å². The topological polar surface area (TPSA) is 210 Å². The van der Waals surface area contributed by atoms with Crippen LogP contribution in [0.15, 0.2) is 60.7 Å². The van der Waals surface area contributed by atoms with E-state index < -0.39 is 64.5 Å². The average molecular weight is 1120 g/mol. The highest BCUT2D eigenvalue weighted by atomic mass is 16.6. The molecule has 80 heavy (non-hydrogen) atoms. The summed E-state index contributed by atoms with van der Waals surface area (Å²) in [5, 5.41) is 3.36. The van der Waals surface area contributed by atoms with Crippen molar-refractivity contribution in [3.8, 4) is 0 Å². The molecule has 3 amide bonds. The summed E-state index contributed by atoms with van der Waals surface area (Å²) in [6, 6.07) is 17.7. The molecule has 0 spiro atoms. The largest absolute Gasteiger partial charge is 0.459 e. The van der Waals surface area contributed by atoms with Crippen LogP contribution in [0.2, 0.25) is 0 Å². The Morgan fingerprint density at radius 2 is 0.775 bits per heavy atom. The molecule has 0 saturated carbocycles. The van der Waals surface area contributed by atoms with E-state index in [9.17, 15) is 33.6 Å². The molecule has 2 heterocycles. The van der Waals surface area contributed by atoms with Gasteiger partial charge in [-0.25, -0.2) is 9.59 Å². The van der Waals surface area contributed by atoms with Crippen molar-refractivity contribution in [1.29, 1.82) is 0 Å². The number of carbonyl (C=O) groups excluding carboxylic acids is 7. The molecule has 2 saturated heterocycles. The predicted molar refractivity (Wildman–Crippen MR) is 303 cm³/mol. The Labute approximate surface area is 475 Å². The van der Waals surface area contributed by atoms with E-state index in [-0.39, 0.29) is 117 Å². The number of carbonyl (C=O) groups is 7. The summed E-state index contributed by atoms with van der Waals surface area (Å²) in [4.78, 5) is 109. The number of hydrogen-bond donors (Lipinski definition) is 1. The van der Waals surface area contributed by atoms with Crippen LogP contribution in [0.5, 0.6) is 0 Å². The van der Waals surface area contributed by atoms with Gasteiger partial charge in [0.25, 0.3) is 0 Å². The van der Waals surface area contributed by atoms with Crippen LogP contribution < -0.4 is 5.32 Å². The summed E-state index contributed by atoms with van der Waals surface area (Å²) in [5.41, 5.74) is -1.43. The molecule has 1 N–H and O–H groups in total. The molecule has 0 aliphatic carbocycles. The lowest BCUT2D eigenvalue weighted by molar-refractivity contribution is -0.163. The lowest BCUT2D eigenvalue weighted by Crippen LogP contribution is -2.53. The van der Waals surface area contributed by atoms with Gasteiger partial charge in [-0.15, -0.1) is 0 Å². The molecule has 1 unspecified atom stereocenters. The fourth-order valence-electron chi connectivity index (χ4n) is 8.85. The van der Waals surface area contributed by atoms with Crippen LogP contribution in [0.25, 0.3) is 0 Å². The number of ether oxygens (including phenoxy) is 6. The summed E-state index contributed by atoms with van der Waals surface area (Å²) < 4.78 is 34.8. The van der Waals surface area contributed by atoms with E-state index >= 15 is 0 Å². The first-order valence-corrected chi connectivity index (χ1v) is 28.2. The Morgan fingerprint density at radius 3 is 1.15 bits per heavy atom. The van der Waals surface area contributed by atoms with E-state index in [4.69, 9.17) is 28.4 Å². The Kier molecular flexibility index (Phi) is 26.6. The summed E-state index contributed by atoms with van der Waals surface area (Å²) in [5.74, 6) is -2.06. The van der Waals surface area contributed by atoms with E-state index in [0.717, 1.165) is 11.1 Å². The van der Waals surface area contributed by atoms with Crippen molar-refractivity contribution in [3.05, 3.63) is 71.8 Å². The number of amides is 3. The van der Waals surface area contributed by atoms with Gasteiger partial charge in [0, 0.05) is 111 Å². The van der Waals surface area contributed by atoms with Crippen LogP contribution in [-0.2, 0) is 65.6 Å². The number of hydrogen-bond acceptors (Lipinski definition) is 18. The van der Waals surface area contributed by atoms with Gasteiger partial charge >= 0.3 is 36.1 Å². The van der Waals surface area contributed by atoms with E-state index in [1.165, 1.54) is 4.90 Å². The Hall–Kier alpha value is -5.87. The maximum atomic E-state index is 14.7. The SMILES string of the molecule is CC(C)(C)OC(=O)CN1CCN(CC(=O)OC(C)(C)C)CCN(C(CCC(=O)N2CCNCCN(C(=O)OCc3ccccc3)CCN(C(=O)OCc3ccccc3)CC2)C(=O)OC(C)(C)C)CCN(CC(=O)OC(C)(C)C)CC1. The first-order valence-electron chi connectivity index (χ1n) is 28.2. The third-order valence-electron chi connectivity index (χ3n) is 12.6. The molecular weight excluding hydrogens is 1030 g/mol. The molecule has 0 radical (unpaired) electrons. The molecule has 448 valence electrons. The molecule has 2 aromatic rings. The highest BCUT2D eigenvalue weighted by Gasteiger charge is 2.34. The number of nitrogens with one attached hydrogen (secondary N) is 1. The first kappa shape index (κ1) is 66.6. The van der Waals surface area contributed by atoms with Crippen molar-refractivity contribution in [2.45, 2.75) is 138 Å². The summed E-state index contributed by atoms with van der Waals surface area (Å²) >= 11 is 0. The predicted octanol–water partition coefficient (Wildman–Crippen LogP) is 5.43. The van der Waals surface area contributed by atoms with Crippen molar-refractivity contribution in [1.82, 2.24) is 39.6 Å². The standard InChI is InChI=1S/C59H94N8O13/c1-56(2,3)77-50(69)41-61-29-31-62(42-51(70)78-57(4,5)6)33-35-64(36-34-63(32-30-61)43-52(71)79-58(7,8)9)48(53(72)80-59(10,11)12)23-24-49(68)65-27-25-60-26-28-66(54(73)75-44-46-19-15-13-16-20-46)39-40-67(38-37-65)55(74)76-45-47-21-17-14-18-22-47/h13-22,48,60H,23-45H2,1-12H3. The molecule has 2 fully saturated rings. The summed E-state index contributed by atoms with van der Waals surface area (Å²) in [7, 11) is 0. The van der Waals surface area contributed by atoms with Gasteiger partial charge in [0.1, 0.15) is 41.7 Å². The van der Waals surface area contributed by atoms with Crippen LogP contribution in [0.4, 0.5) is 9.59 Å². The molecule has 21 nitrogen and oxygen atoms in total. The second-order valence-electron chi connectivity index (χ2n) is 24.4. The van der Waals surface area contributed by atoms with Crippen LogP contribution in [0.3, 0.4) is 0 Å².